The first kappa shape index (κ1) is 16.2. The van der Waals surface area contributed by atoms with Crippen molar-refractivity contribution in [1.82, 2.24) is 19.5 Å². The number of nitrogens with two attached hydrogens (primary N) is 1. The highest BCUT2D eigenvalue weighted by atomic mass is 16.6. The van der Waals surface area contributed by atoms with E-state index in [0.29, 0.717) is 11.2 Å². The molecule has 0 amide bonds. The van der Waals surface area contributed by atoms with Gasteiger partial charge in [0.15, 0.2) is 17.7 Å². The quantitative estimate of drug-likeness (QED) is 0.642. The number of ether oxygens (including phenoxy) is 3. The Balaban J connectivity index is 2.05. The summed E-state index contributed by atoms with van der Waals surface area (Å²) in [7, 11) is 14.1. The number of nitrogen functional groups attached to an aromatic ring is 1. The second-order valence-corrected chi connectivity index (χ2v) is 5.32. The Kier molecular flexibility index (Phi) is 4.05. The maximum absolute atomic E-state index is 9.93. The third kappa shape index (κ3) is 2.59. The molecule has 11 heteroatoms. The predicted octanol–water partition coefficient (Wildman–Crippen LogP) is -1.68. The van der Waals surface area contributed by atoms with Crippen LogP contribution in [-0.2, 0) is 14.2 Å². The normalized spacial score (nSPS) is 28.5. The molecular weight excluding hydrogens is 300 g/mol. The molecule has 23 heavy (non-hydrogen) atoms. The van der Waals surface area contributed by atoms with Gasteiger partial charge in [0, 0.05) is 19.6 Å². The number of methoxy groups -OCH3 is 2. The minimum Gasteiger partial charge on any atom is -0.406 e. The van der Waals surface area contributed by atoms with Crippen LogP contribution < -0.4 is 5.73 Å². The van der Waals surface area contributed by atoms with Crippen LogP contribution in [0.15, 0.2) is 12.7 Å². The molecule has 4 radical (unpaired) electrons. The molecule has 9 nitrogen and oxygen atoms in total. The predicted molar refractivity (Wildman–Crippen MR) is 81.7 cm³/mol. The highest BCUT2D eigenvalue weighted by Gasteiger charge is 2.51. The van der Waals surface area contributed by atoms with Crippen molar-refractivity contribution >= 4 is 32.7 Å². The van der Waals surface area contributed by atoms with Crippen molar-refractivity contribution in [2.45, 2.75) is 29.9 Å². The van der Waals surface area contributed by atoms with Gasteiger partial charge in [-0.1, -0.05) is 0 Å². The van der Waals surface area contributed by atoms with E-state index in [-0.39, 0.29) is 5.82 Å². The zero-order chi connectivity index (χ0) is 16.8. The first-order chi connectivity index (χ1) is 10.9. The average Bonchev–Trinajstić information content (AvgIpc) is 3.07. The molecule has 2 aromatic heterocycles. The molecular formula is C12H15B2N5O4. The van der Waals surface area contributed by atoms with Crippen LogP contribution in [0.3, 0.4) is 0 Å². The molecule has 0 spiro atoms. The molecule has 4 unspecified atom stereocenters. The molecule has 0 aliphatic carbocycles. The Labute approximate surface area is 135 Å². The molecule has 0 saturated carbocycles. The number of imidazole rings is 1. The molecule has 1 aliphatic rings. The molecule has 4 atom stereocenters. The van der Waals surface area contributed by atoms with E-state index in [9.17, 15) is 5.11 Å². The van der Waals surface area contributed by atoms with Crippen LogP contribution in [0.5, 0.6) is 0 Å². The van der Waals surface area contributed by atoms with E-state index >= 15 is 0 Å². The standard InChI is InChI=1S/C12H15B2N5O4/c1-21-6-7(22-2)11(23-8(6)12(13,14)20)19-4-18-5-9(15)16-3-17-10(5)19/h3-4,6-8,11,20H,1-2H3,(H2,15,16,17). The summed E-state index contributed by atoms with van der Waals surface area (Å²) in [5, 5.41) is 7.83. The van der Waals surface area contributed by atoms with E-state index < -0.39 is 29.9 Å². The number of hydrogen-bond acceptors (Lipinski definition) is 8. The Bertz CT molecular complexity index is 706. The van der Waals surface area contributed by atoms with Crippen LogP contribution in [0.1, 0.15) is 6.23 Å². The number of aromatic nitrogens is 4. The molecule has 2 aromatic rings. The number of anilines is 1. The Hall–Kier alpha value is -1.68. The van der Waals surface area contributed by atoms with Crippen molar-refractivity contribution < 1.29 is 19.3 Å². The lowest BCUT2D eigenvalue weighted by molar-refractivity contribution is -0.0791. The van der Waals surface area contributed by atoms with Crippen LogP contribution >= 0.6 is 0 Å². The van der Waals surface area contributed by atoms with Crippen molar-refractivity contribution in [3.05, 3.63) is 12.7 Å². The van der Waals surface area contributed by atoms with E-state index in [2.05, 4.69) is 15.0 Å². The molecule has 0 aromatic carbocycles. The third-order valence-corrected chi connectivity index (χ3v) is 3.85. The van der Waals surface area contributed by atoms with Crippen LogP contribution in [0.2, 0.25) is 0 Å². The van der Waals surface area contributed by atoms with Crippen LogP contribution in [-0.4, -0.2) is 78.2 Å². The zero-order valence-corrected chi connectivity index (χ0v) is 12.7. The van der Waals surface area contributed by atoms with E-state index in [1.807, 2.05) is 0 Å². The maximum atomic E-state index is 9.93. The summed E-state index contributed by atoms with van der Waals surface area (Å²) >= 11 is 0. The van der Waals surface area contributed by atoms with Gasteiger partial charge in [-0.3, -0.25) is 4.57 Å². The van der Waals surface area contributed by atoms with E-state index in [1.165, 1.54) is 26.9 Å². The summed E-state index contributed by atoms with van der Waals surface area (Å²) in [6.07, 6.45) is -0.209. The van der Waals surface area contributed by atoms with Crippen molar-refractivity contribution in [3.63, 3.8) is 0 Å². The molecule has 3 heterocycles. The fourth-order valence-electron chi connectivity index (χ4n) is 2.80. The molecule has 1 saturated heterocycles. The highest BCUT2D eigenvalue weighted by Crippen LogP contribution is 2.37. The lowest BCUT2D eigenvalue weighted by atomic mass is 9.61. The van der Waals surface area contributed by atoms with E-state index in [4.69, 9.17) is 35.6 Å². The zero-order valence-electron chi connectivity index (χ0n) is 12.7. The van der Waals surface area contributed by atoms with Gasteiger partial charge in [0.05, 0.1) is 6.33 Å². The molecule has 3 rings (SSSR count). The summed E-state index contributed by atoms with van der Waals surface area (Å²) in [5.41, 5.74) is 6.67. The van der Waals surface area contributed by atoms with Crippen molar-refractivity contribution in [2.75, 3.05) is 20.0 Å². The summed E-state index contributed by atoms with van der Waals surface area (Å²) in [4.78, 5) is 12.2. The second kappa shape index (κ2) is 5.75. The summed E-state index contributed by atoms with van der Waals surface area (Å²) < 4.78 is 18.2. The first-order valence-electron chi connectivity index (χ1n) is 6.82. The van der Waals surface area contributed by atoms with Crippen LogP contribution in [0.4, 0.5) is 5.82 Å². The van der Waals surface area contributed by atoms with Gasteiger partial charge in [0.25, 0.3) is 0 Å². The topological polar surface area (TPSA) is 118 Å². The SMILES string of the molecule is [B]C([B])(O)C1OC(n2cnc3c(N)ncnc32)C(OC)C1OC. The van der Waals surface area contributed by atoms with Crippen molar-refractivity contribution in [3.8, 4) is 0 Å². The number of nitrogens with zero attached hydrogens (tertiary/aromatic N) is 4. The lowest BCUT2D eigenvalue weighted by Crippen LogP contribution is -2.51. The summed E-state index contributed by atoms with van der Waals surface area (Å²) in [5.74, 6) is 0.245. The third-order valence-electron chi connectivity index (χ3n) is 3.85. The molecule has 1 aliphatic heterocycles. The lowest BCUT2D eigenvalue weighted by Gasteiger charge is -2.30. The molecule has 118 valence electrons. The fourth-order valence-corrected chi connectivity index (χ4v) is 2.80. The van der Waals surface area contributed by atoms with E-state index in [1.54, 1.807) is 4.57 Å². The fraction of sp³-hybridized carbons (Fsp3) is 0.583. The van der Waals surface area contributed by atoms with Crippen LogP contribution in [0.25, 0.3) is 11.2 Å². The Morgan fingerprint density at radius 1 is 1.26 bits per heavy atom. The van der Waals surface area contributed by atoms with Gasteiger partial charge in [-0.25, -0.2) is 15.0 Å². The average molecular weight is 315 g/mol. The molecule has 0 bridgehead atoms. The summed E-state index contributed by atoms with van der Waals surface area (Å²) in [6, 6.07) is 0. The highest BCUT2D eigenvalue weighted by molar-refractivity contribution is 6.39. The largest absolute Gasteiger partial charge is 0.406 e. The first-order valence-corrected chi connectivity index (χ1v) is 6.82. The van der Waals surface area contributed by atoms with E-state index in [0.717, 1.165) is 0 Å². The molecule has 1 fully saturated rings. The number of fused-ring (bicyclic) bond motifs is 1. The van der Waals surface area contributed by atoms with Gasteiger partial charge < -0.3 is 25.1 Å². The minimum atomic E-state index is -2.10. The van der Waals surface area contributed by atoms with Crippen molar-refractivity contribution in [1.29, 1.82) is 0 Å². The monoisotopic (exact) mass is 315 g/mol. The minimum absolute atomic E-state index is 0.245. The van der Waals surface area contributed by atoms with Gasteiger partial charge in [-0.05, 0) is 0 Å². The number of rotatable bonds is 4. The second-order valence-electron chi connectivity index (χ2n) is 5.32. The maximum Gasteiger partial charge on any atom is 0.167 e. The van der Waals surface area contributed by atoms with Gasteiger partial charge >= 0.3 is 0 Å². The Morgan fingerprint density at radius 3 is 2.57 bits per heavy atom. The number of hydrogen-bond donors (Lipinski definition) is 2. The smallest absolute Gasteiger partial charge is 0.167 e. The van der Waals surface area contributed by atoms with Gasteiger partial charge in [0.1, 0.15) is 45.8 Å². The number of aliphatic hydroxyl groups is 1. The summed E-state index contributed by atoms with van der Waals surface area (Å²) in [6.45, 7) is 0. The van der Waals surface area contributed by atoms with Crippen LogP contribution in [0, 0.1) is 0 Å². The van der Waals surface area contributed by atoms with Gasteiger partial charge in [0.2, 0.25) is 0 Å². The van der Waals surface area contributed by atoms with Gasteiger partial charge in [-0.15, -0.1) is 0 Å². The molecule has 3 N–H and O–H groups in total. The van der Waals surface area contributed by atoms with Crippen molar-refractivity contribution in [2.24, 2.45) is 0 Å². The Morgan fingerprint density at radius 2 is 1.96 bits per heavy atom. The van der Waals surface area contributed by atoms with Gasteiger partial charge in [-0.2, -0.15) is 0 Å².